The third kappa shape index (κ3) is 3.99. The molecule has 0 heterocycles. The molecule has 0 bridgehead atoms. The van der Waals surface area contributed by atoms with Crippen molar-refractivity contribution in [3.05, 3.63) is 63.6 Å². The number of carbonyl (C=O) groups is 1. The zero-order valence-corrected chi connectivity index (χ0v) is 15.3. The van der Waals surface area contributed by atoms with Gasteiger partial charge in [0.25, 0.3) is 0 Å². The summed E-state index contributed by atoms with van der Waals surface area (Å²) in [6.07, 6.45) is 2.43. The molecule has 24 heavy (non-hydrogen) atoms. The van der Waals surface area contributed by atoms with E-state index in [1.807, 2.05) is 25.1 Å². The average Bonchev–Trinajstić information content (AvgIpc) is 2.95. The molecule has 0 N–H and O–H groups in total. The number of rotatable bonds is 6. The predicted molar refractivity (Wildman–Crippen MR) is 97.2 cm³/mol. The van der Waals surface area contributed by atoms with Gasteiger partial charge >= 0.3 is 5.97 Å². The topological polar surface area (TPSA) is 35.5 Å². The summed E-state index contributed by atoms with van der Waals surface area (Å²) < 4.78 is 12.0. The van der Waals surface area contributed by atoms with Crippen LogP contribution in [0, 0.1) is 0 Å². The first-order valence-electron chi connectivity index (χ1n) is 8.32. The summed E-state index contributed by atoms with van der Waals surface area (Å²) in [5, 5.41) is 0. The van der Waals surface area contributed by atoms with Crippen LogP contribution in [0.25, 0.3) is 0 Å². The standard InChI is InChI=1S/C20H21BrO3/c1-2-23-20(22)11-16-9-8-15-10-19(18(21)12-17(15)16)24-13-14-6-4-3-5-7-14/h3-7,10,12,16H,2,8-9,11,13H2,1H3/t16-/m0/s1. The van der Waals surface area contributed by atoms with Crippen molar-refractivity contribution in [1.82, 2.24) is 0 Å². The van der Waals surface area contributed by atoms with Gasteiger partial charge in [-0.15, -0.1) is 0 Å². The molecular formula is C20H21BrO3. The van der Waals surface area contributed by atoms with Crippen molar-refractivity contribution < 1.29 is 14.3 Å². The first-order valence-corrected chi connectivity index (χ1v) is 9.11. The lowest BCUT2D eigenvalue weighted by atomic mass is 9.98. The highest BCUT2D eigenvalue weighted by molar-refractivity contribution is 9.10. The molecule has 0 fully saturated rings. The minimum Gasteiger partial charge on any atom is -0.488 e. The van der Waals surface area contributed by atoms with Crippen molar-refractivity contribution in [2.45, 2.75) is 38.7 Å². The van der Waals surface area contributed by atoms with Crippen LogP contribution in [0.3, 0.4) is 0 Å². The lowest BCUT2D eigenvalue weighted by Crippen LogP contribution is -2.08. The molecule has 0 unspecified atom stereocenters. The van der Waals surface area contributed by atoms with Gasteiger partial charge < -0.3 is 9.47 Å². The fourth-order valence-corrected chi connectivity index (χ4v) is 3.65. The molecular weight excluding hydrogens is 368 g/mol. The second-order valence-corrected chi connectivity index (χ2v) is 6.85. The first kappa shape index (κ1) is 17.0. The Morgan fingerprint density at radius 3 is 2.79 bits per heavy atom. The monoisotopic (exact) mass is 388 g/mol. The van der Waals surface area contributed by atoms with Gasteiger partial charge in [-0.1, -0.05) is 30.3 Å². The summed E-state index contributed by atoms with van der Waals surface area (Å²) >= 11 is 3.61. The minimum absolute atomic E-state index is 0.115. The van der Waals surface area contributed by atoms with E-state index in [9.17, 15) is 4.79 Å². The normalized spacial score (nSPS) is 15.8. The maximum Gasteiger partial charge on any atom is 0.306 e. The Bertz CT molecular complexity index is 712. The smallest absolute Gasteiger partial charge is 0.306 e. The highest BCUT2D eigenvalue weighted by Gasteiger charge is 2.26. The number of aryl methyl sites for hydroxylation is 1. The van der Waals surface area contributed by atoms with E-state index in [1.54, 1.807) is 0 Å². The van der Waals surface area contributed by atoms with Crippen molar-refractivity contribution >= 4 is 21.9 Å². The van der Waals surface area contributed by atoms with Crippen LogP contribution in [0.2, 0.25) is 0 Å². The summed E-state index contributed by atoms with van der Waals surface area (Å²) in [5.41, 5.74) is 3.66. The molecule has 0 radical (unpaired) electrons. The van der Waals surface area contributed by atoms with E-state index in [4.69, 9.17) is 9.47 Å². The molecule has 0 saturated carbocycles. The third-order valence-electron chi connectivity index (χ3n) is 4.35. The summed E-state index contributed by atoms with van der Waals surface area (Å²) in [4.78, 5) is 11.8. The molecule has 1 aliphatic carbocycles. The van der Waals surface area contributed by atoms with E-state index in [2.05, 4.69) is 40.2 Å². The third-order valence-corrected chi connectivity index (χ3v) is 4.97. The Morgan fingerprint density at radius 1 is 1.25 bits per heavy atom. The Kier molecular flexibility index (Phi) is 5.56. The Hall–Kier alpha value is -1.81. The molecule has 2 aromatic carbocycles. The maximum absolute atomic E-state index is 11.8. The number of benzene rings is 2. The van der Waals surface area contributed by atoms with Crippen LogP contribution in [0.15, 0.2) is 46.9 Å². The van der Waals surface area contributed by atoms with Crippen molar-refractivity contribution in [1.29, 1.82) is 0 Å². The lowest BCUT2D eigenvalue weighted by molar-refractivity contribution is -0.143. The van der Waals surface area contributed by atoms with Gasteiger partial charge in [0.15, 0.2) is 0 Å². The number of fused-ring (bicyclic) bond motifs is 1. The second-order valence-electron chi connectivity index (χ2n) is 6.00. The van der Waals surface area contributed by atoms with E-state index >= 15 is 0 Å². The Labute approximate surface area is 151 Å². The molecule has 126 valence electrons. The predicted octanol–water partition coefficient (Wildman–Crippen LogP) is 5.01. The van der Waals surface area contributed by atoms with Gasteiger partial charge in [-0.2, -0.15) is 0 Å². The molecule has 4 heteroatoms. The van der Waals surface area contributed by atoms with E-state index in [-0.39, 0.29) is 11.9 Å². The first-order chi connectivity index (χ1) is 11.7. The van der Waals surface area contributed by atoms with Gasteiger partial charge in [0, 0.05) is 0 Å². The van der Waals surface area contributed by atoms with Crippen LogP contribution >= 0.6 is 15.9 Å². The van der Waals surface area contributed by atoms with E-state index < -0.39 is 0 Å². The fraction of sp³-hybridized carbons (Fsp3) is 0.350. The lowest BCUT2D eigenvalue weighted by Gasteiger charge is -2.14. The van der Waals surface area contributed by atoms with Gasteiger partial charge in [-0.05, 0) is 70.4 Å². The molecule has 0 amide bonds. The number of ether oxygens (including phenoxy) is 2. The molecule has 0 aromatic heterocycles. The van der Waals surface area contributed by atoms with Crippen LogP contribution in [0.5, 0.6) is 5.75 Å². The zero-order valence-electron chi connectivity index (χ0n) is 13.8. The van der Waals surface area contributed by atoms with E-state index in [0.29, 0.717) is 19.6 Å². The van der Waals surface area contributed by atoms with Gasteiger partial charge in [0.05, 0.1) is 17.5 Å². The minimum atomic E-state index is -0.115. The van der Waals surface area contributed by atoms with Crippen LogP contribution in [-0.2, 0) is 22.6 Å². The largest absolute Gasteiger partial charge is 0.488 e. The van der Waals surface area contributed by atoms with Crippen LogP contribution < -0.4 is 4.74 Å². The van der Waals surface area contributed by atoms with Gasteiger partial charge in [-0.25, -0.2) is 0 Å². The SMILES string of the molecule is CCOC(=O)C[C@@H]1CCc2cc(OCc3ccccc3)c(Br)cc21. The van der Waals surface area contributed by atoms with E-state index in [0.717, 1.165) is 28.6 Å². The van der Waals surface area contributed by atoms with Gasteiger partial charge in [0.2, 0.25) is 0 Å². The summed E-state index contributed by atoms with van der Waals surface area (Å²) in [5.74, 6) is 0.990. The van der Waals surface area contributed by atoms with Gasteiger partial charge in [0.1, 0.15) is 12.4 Å². The highest BCUT2D eigenvalue weighted by atomic mass is 79.9. The zero-order chi connectivity index (χ0) is 16.9. The van der Waals surface area contributed by atoms with Crippen molar-refractivity contribution in [2.24, 2.45) is 0 Å². The second kappa shape index (κ2) is 7.84. The number of esters is 1. The molecule has 3 nitrogen and oxygen atoms in total. The van der Waals surface area contributed by atoms with E-state index in [1.165, 1.54) is 11.1 Å². The van der Waals surface area contributed by atoms with Crippen LogP contribution in [0.1, 0.15) is 42.4 Å². The molecule has 1 atom stereocenters. The van der Waals surface area contributed by atoms with Crippen molar-refractivity contribution in [2.75, 3.05) is 6.61 Å². The number of halogens is 1. The maximum atomic E-state index is 11.8. The molecule has 2 aromatic rings. The number of hydrogen-bond acceptors (Lipinski definition) is 3. The van der Waals surface area contributed by atoms with Crippen LogP contribution in [0.4, 0.5) is 0 Å². The summed E-state index contributed by atoms with van der Waals surface area (Å²) in [6, 6.07) is 14.3. The summed E-state index contributed by atoms with van der Waals surface area (Å²) in [6.45, 7) is 2.83. The molecule has 0 spiro atoms. The van der Waals surface area contributed by atoms with Crippen molar-refractivity contribution in [3.63, 3.8) is 0 Å². The highest BCUT2D eigenvalue weighted by Crippen LogP contribution is 2.41. The Morgan fingerprint density at radius 2 is 2.04 bits per heavy atom. The Balaban J connectivity index is 1.70. The van der Waals surface area contributed by atoms with Crippen LogP contribution in [-0.4, -0.2) is 12.6 Å². The van der Waals surface area contributed by atoms with Gasteiger partial charge in [-0.3, -0.25) is 4.79 Å². The quantitative estimate of drug-likeness (QED) is 0.652. The molecule has 1 aliphatic rings. The average molecular weight is 389 g/mol. The number of carbonyl (C=O) groups excluding carboxylic acids is 1. The molecule has 0 saturated heterocycles. The fourth-order valence-electron chi connectivity index (χ4n) is 3.17. The summed E-state index contributed by atoms with van der Waals surface area (Å²) in [7, 11) is 0. The van der Waals surface area contributed by atoms with Crippen molar-refractivity contribution in [3.8, 4) is 5.75 Å². The number of hydrogen-bond donors (Lipinski definition) is 0. The molecule has 0 aliphatic heterocycles. The molecule has 3 rings (SSSR count).